The molecule has 0 unspecified atom stereocenters. The van der Waals surface area contributed by atoms with Crippen LogP contribution in [0, 0.1) is 13.5 Å². The second-order valence-electron chi connectivity index (χ2n) is 4.91. The van der Waals surface area contributed by atoms with Gasteiger partial charge in [0.15, 0.2) is 0 Å². The van der Waals surface area contributed by atoms with Gasteiger partial charge in [-0.3, -0.25) is 0 Å². The lowest BCUT2D eigenvalue weighted by Gasteiger charge is -2.09. The van der Waals surface area contributed by atoms with Gasteiger partial charge in [-0.1, -0.05) is 24.5 Å². The summed E-state index contributed by atoms with van der Waals surface area (Å²) in [7, 11) is 0. The Morgan fingerprint density at radius 2 is 2.24 bits per heavy atom. The van der Waals surface area contributed by atoms with E-state index in [0.29, 0.717) is 34.6 Å². The van der Waals surface area contributed by atoms with Crippen molar-refractivity contribution in [1.82, 2.24) is 4.98 Å². The molecule has 0 spiro atoms. The van der Waals surface area contributed by atoms with Gasteiger partial charge >= 0.3 is 6.92 Å². The molecule has 1 aromatic carbocycles. The summed E-state index contributed by atoms with van der Waals surface area (Å²) in [5.74, 6) is 0.976. The molecule has 0 saturated heterocycles. The van der Waals surface area contributed by atoms with Crippen LogP contribution in [0.1, 0.15) is 11.3 Å². The molecule has 0 atom stereocenters. The number of nitrogens with zero attached hydrogens (tertiary/aromatic N) is 2. The number of halogens is 1. The Morgan fingerprint density at radius 3 is 3.00 bits per heavy atom. The largest absolute Gasteiger partial charge is 0.438 e. The maximum Gasteiger partial charge on any atom is 0.324 e. The zero-order valence-electron chi connectivity index (χ0n) is 11.7. The van der Waals surface area contributed by atoms with Crippen molar-refractivity contribution in [3.8, 4) is 11.6 Å². The highest BCUT2D eigenvalue weighted by Gasteiger charge is 2.23. The molecule has 0 radical (unpaired) electrons. The number of pyridine rings is 1. The molecular weight excluding hydrogens is 286 g/mol. The van der Waals surface area contributed by atoms with Crippen LogP contribution >= 0.6 is 11.6 Å². The Morgan fingerprint density at radius 1 is 1.43 bits per heavy atom. The van der Waals surface area contributed by atoms with Gasteiger partial charge in [0.25, 0.3) is 0 Å². The van der Waals surface area contributed by atoms with Gasteiger partial charge in [0.2, 0.25) is 11.6 Å². The molecule has 104 valence electrons. The molecule has 3 rings (SSSR count). The van der Waals surface area contributed by atoms with Crippen LogP contribution in [0.4, 0.5) is 5.69 Å². The molecule has 2 aromatic rings. The third-order valence-corrected chi connectivity index (χ3v) is 3.75. The topological polar surface area (TPSA) is 35.7 Å². The van der Waals surface area contributed by atoms with Crippen LogP contribution < -0.4 is 10.2 Å². The molecule has 1 aliphatic rings. The monoisotopic (exact) mass is 298 g/mol. The molecular formula is C15H12BClN2O2. The maximum atomic E-state index is 7.05. The maximum absolute atomic E-state index is 7.05. The summed E-state index contributed by atoms with van der Waals surface area (Å²) in [6.45, 7) is 11.5. The predicted molar refractivity (Wildman–Crippen MR) is 82.8 cm³/mol. The highest BCUT2D eigenvalue weighted by molar-refractivity contribution is 6.67. The number of benzene rings is 1. The van der Waals surface area contributed by atoms with E-state index in [2.05, 4.69) is 9.83 Å². The fourth-order valence-corrected chi connectivity index (χ4v) is 2.50. The van der Waals surface area contributed by atoms with E-state index in [1.807, 2.05) is 25.0 Å². The summed E-state index contributed by atoms with van der Waals surface area (Å²) in [6.07, 6.45) is 0. The van der Waals surface area contributed by atoms with Crippen molar-refractivity contribution in [2.45, 2.75) is 20.4 Å². The Kier molecular flexibility index (Phi) is 3.58. The first-order chi connectivity index (χ1) is 10.1. The highest BCUT2D eigenvalue weighted by atomic mass is 35.5. The summed E-state index contributed by atoms with van der Waals surface area (Å²) < 4.78 is 11.3. The third-order valence-electron chi connectivity index (χ3n) is 3.48. The van der Waals surface area contributed by atoms with Gasteiger partial charge in [0.1, 0.15) is 5.75 Å². The fraction of sp³-hybridized carbons (Fsp3) is 0.200. The summed E-state index contributed by atoms with van der Waals surface area (Å²) in [6, 6.07) is 7.39. The molecule has 0 bridgehead atoms. The number of hydrogen-bond acceptors (Lipinski definition) is 3. The van der Waals surface area contributed by atoms with Crippen LogP contribution in [0.25, 0.3) is 4.85 Å². The standard InChI is InChI=1S/C15H12BClN2O2/c1-9-14(18-3)7-13(17)15(19-9)21-11-4-5-12-10(6-11)8-20-16(12)2/h4-7H,8H2,1-2H3. The van der Waals surface area contributed by atoms with Crippen molar-refractivity contribution in [1.29, 1.82) is 0 Å². The Balaban J connectivity index is 1.91. The van der Waals surface area contributed by atoms with Crippen LogP contribution in [-0.2, 0) is 11.3 Å². The Hall–Kier alpha value is -2.03. The average Bonchev–Trinajstić information content (AvgIpc) is 2.83. The van der Waals surface area contributed by atoms with Crippen molar-refractivity contribution in [3.05, 3.63) is 52.0 Å². The van der Waals surface area contributed by atoms with Crippen LogP contribution in [0.15, 0.2) is 24.3 Å². The summed E-state index contributed by atoms with van der Waals surface area (Å²) >= 11 is 6.11. The zero-order chi connectivity index (χ0) is 15.0. The molecule has 1 aliphatic heterocycles. The first kappa shape index (κ1) is 13.9. The van der Waals surface area contributed by atoms with E-state index in [1.165, 1.54) is 5.46 Å². The molecule has 0 saturated carbocycles. The average molecular weight is 299 g/mol. The molecule has 0 aliphatic carbocycles. The van der Waals surface area contributed by atoms with Gasteiger partial charge in [-0.25, -0.2) is 9.83 Å². The molecule has 21 heavy (non-hydrogen) atoms. The van der Waals surface area contributed by atoms with Crippen molar-refractivity contribution < 1.29 is 9.39 Å². The van der Waals surface area contributed by atoms with E-state index >= 15 is 0 Å². The predicted octanol–water partition coefficient (Wildman–Crippen LogP) is 3.75. The Labute approximate surface area is 128 Å². The van der Waals surface area contributed by atoms with Crippen molar-refractivity contribution in [2.24, 2.45) is 0 Å². The van der Waals surface area contributed by atoms with Crippen molar-refractivity contribution in [2.75, 3.05) is 0 Å². The highest BCUT2D eigenvalue weighted by Crippen LogP contribution is 2.32. The van der Waals surface area contributed by atoms with Gasteiger partial charge in [0, 0.05) is 5.69 Å². The molecule has 0 fully saturated rings. The number of ether oxygens (including phenoxy) is 1. The van der Waals surface area contributed by atoms with E-state index < -0.39 is 0 Å². The summed E-state index contributed by atoms with van der Waals surface area (Å²) in [5.41, 5.74) is 3.33. The number of hydrogen-bond donors (Lipinski definition) is 0. The van der Waals surface area contributed by atoms with E-state index in [-0.39, 0.29) is 6.92 Å². The lowest BCUT2D eigenvalue weighted by molar-refractivity contribution is 0.333. The van der Waals surface area contributed by atoms with E-state index in [0.717, 1.165) is 5.56 Å². The van der Waals surface area contributed by atoms with Gasteiger partial charge in [-0.2, -0.15) is 0 Å². The molecule has 1 aromatic heterocycles. The van der Waals surface area contributed by atoms with Crippen LogP contribution in [0.3, 0.4) is 0 Å². The minimum Gasteiger partial charge on any atom is -0.438 e. The van der Waals surface area contributed by atoms with Gasteiger partial charge in [0.05, 0.1) is 18.2 Å². The summed E-state index contributed by atoms with van der Waals surface area (Å²) in [5, 5.41) is 0.330. The van der Waals surface area contributed by atoms with E-state index in [9.17, 15) is 0 Å². The quantitative estimate of drug-likeness (QED) is 0.626. The number of fused-ring (bicyclic) bond motifs is 1. The van der Waals surface area contributed by atoms with Gasteiger partial charge in [-0.05, 0) is 36.1 Å². The van der Waals surface area contributed by atoms with Crippen molar-refractivity contribution >= 4 is 29.7 Å². The third kappa shape index (κ3) is 2.60. The van der Waals surface area contributed by atoms with Crippen molar-refractivity contribution in [3.63, 3.8) is 0 Å². The zero-order valence-corrected chi connectivity index (χ0v) is 12.4. The molecule has 6 heteroatoms. The summed E-state index contributed by atoms with van der Waals surface area (Å²) in [4.78, 5) is 7.61. The minimum atomic E-state index is 0.121. The Bertz CT molecular complexity index is 758. The first-order valence-electron chi connectivity index (χ1n) is 6.55. The lowest BCUT2D eigenvalue weighted by Crippen LogP contribution is -2.23. The lowest BCUT2D eigenvalue weighted by atomic mass is 9.64. The second-order valence-corrected chi connectivity index (χ2v) is 5.31. The molecule has 4 nitrogen and oxygen atoms in total. The SMILES string of the molecule is [C-]#[N+]c1cc(Cl)c(Oc2ccc3c(c2)COB3C)nc1C. The van der Waals surface area contributed by atoms with E-state index in [4.69, 9.17) is 27.6 Å². The van der Waals surface area contributed by atoms with Crippen LogP contribution in [0.5, 0.6) is 11.6 Å². The number of rotatable bonds is 2. The second kappa shape index (κ2) is 5.40. The normalized spacial score (nSPS) is 13.0. The van der Waals surface area contributed by atoms with Crippen LogP contribution in [-0.4, -0.2) is 11.9 Å². The molecule has 0 N–H and O–H groups in total. The molecule has 2 heterocycles. The minimum absolute atomic E-state index is 0.121. The molecule has 0 amide bonds. The fourth-order valence-electron chi connectivity index (χ4n) is 2.32. The smallest absolute Gasteiger partial charge is 0.324 e. The van der Waals surface area contributed by atoms with Crippen LogP contribution in [0.2, 0.25) is 11.8 Å². The van der Waals surface area contributed by atoms with E-state index in [1.54, 1.807) is 13.0 Å². The first-order valence-corrected chi connectivity index (χ1v) is 6.93. The number of aromatic nitrogens is 1. The number of aryl methyl sites for hydroxylation is 1. The van der Waals surface area contributed by atoms with Gasteiger partial charge in [-0.15, -0.1) is 0 Å². The van der Waals surface area contributed by atoms with Gasteiger partial charge < -0.3 is 9.39 Å².